The second kappa shape index (κ2) is 5.83. The molecule has 0 unspecified atom stereocenters. The summed E-state index contributed by atoms with van der Waals surface area (Å²) in [5.74, 6) is -8.00. The molecule has 0 spiro atoms. The molecule has 0 saturated heterocycles. The number of imide groups is 1. The van der Waals surface area contributed by atoms with Crippen molar-refractivity contribution in [2.75, 3.05) is 5.75 Å². The van der Waals surface area contributed by atoms with Crippen LogP contribution in [0, 0.1) is 11.6 Å². The second-order valence-electron chi connectivity index (χ2n) is 3.75. The zero-order valence-corrected chi connectivity index (χ0v) is 10.9. The van der Waals surface area contributed by atoms with Crippen molar-refractivity contribution in [3.05, 3.63) is 29.3 Å². The fourth-order valence-electron chi connectivity index (χ4n) is 1.34. The van der Waals surface area contributed by atoms with E-state index in [1.165, 1.54) is 5.32 Å². The first kappa shape index (κ1) is 16.5. The number of halogens is 2. The maximum absolute atomic E-state index is 13.5. The molecule has 114 valence electrons. The number of carbonyl (C=O) groups excluding carboxylic acids is 2. The van der Waals surface area contributed by atoms with Gasteiger partial charge in [0.1, 0.15) is 10.6 Å². The van der Waals surface area contributed by atoms with E-state index in [-0.39, 0.29) is 0 Å². The van der Waals surface area contributed by atoms with E-state index < -0.39 is 55.6 Å². The molecule has 0 saturated carbocycles. The molecule has 21 heavy (non-hydrogen) atoms. The SMILES string of the molecule is NC(=O)NC(=O)CS(=O)(=O)c1cc(C(=O)O)cc(F)c1F. The van der Waals surface area contributed by atoms with Crippen LogP contribution in [0.1, 0.15) is 10.4 Å². The Morgan fingerprint density at radius 2 is 1.81 bits per heavy atom. The molecule has 0 bridgehead atoms. The van der Waals surface area contributed by atoms with Crippen LogP contribution in [0.2, 0.25) is 0 Å². The van der Waals surface area contributed by atoms with Crippen LogP contribution >= 0.6 is 0 Å². The summed E-state index contributed by atoms with van der Waals surface area (Å²) in [6, 6.07) is -0.672. The summed E-state index contributed by atoms with van der Waals surface area (Å²) in [6.07, 6.45) is 0. The van der Waals surface area contributed by atoms with Crippen LogP contribution in [0.15, 0.2) is 17.0 Å². The summed E-state index contributed by atoms with van der Waals surface area (Å²) in [5, 5.41) is 10.1. The third-order valence-corrected chi connectivity index (χ3v) is 3.77. The van der Waals surface area contributed by atoms with Crippen LogP contribution < -0.4 is 11.1 Å². The molecular formula is C10H8F2N2O6S. The molecule has 0 aliphatic rings. The highest BCUT2D eigenvalue weighted by atomic mass is 32.2. The summed E-state index contributed by atoms with van der Waals surface area (Å²) in [7, 11) is -4.71. The maximum Gasteiger partial charge on any atom is 0.335 e. The Hall–Kier alpha value is -2.56. The lowest BCUT2D eigenvalue weighted by molar-refractivity contribution is -0.117. The van der Waals surface area contributed by atoms with Gasteiger partial charge in [-0.25, -0.2) is 26.8 Å². The number of carbonyl (C=O) groups is 3. The van der Waals surface area contributed by atoms with E-state index in [1.807, 2.05) is 0 Å². The quantitative estimate of drug-likeness (QED) is 0.690. The fraction of sp³-hybridized carbons (Fsp3) is 0.100. The number of aromatic carboxylic acids is 1. The largest absolute Gasteiger partial charge is 0.478 e. The molecule has 1 rings (SSSR count). The Morgan fingerprint density at radius 1 is 1.24 bits per heavy atom. The van der Waals surface area contributed by atoms with Gasteiger partial charge in [-0.15, -0.1) is 0 Å². The molecule has 4 N–H and O–H groups in total. The maximum atomic E-state index is 13.5. The number of urea groups is 1. The minimum atomic E-state index is -4.71. The van der Waals surface area contributed by atoms with Gasteiger partial charge in [-0.1, -0.05) is 0 Å². The molecule has 11 heteroatoms. The summed E-state index contributed by atoms with van der Waals surface area (Å²) in [4.78, 5) is 30.9. The summed E-state index contributed by atoms with van der Waals surface area (Å²) >= 11 is 0. The normalized spacial score (nSPS) is 11.0. The van der Waals surface area contributed by atoms with Gasteiger partial charge in [0.2, 0.25) is 5.91 Å². The molecule has 0 atom stereocenters. The zero-order valence-electron chi connectivity index (χ0n) is 10.1. The van der Waals surface area contributed by atoms with E-state index in [0.717, 1.165) is 0 Å². The van der Waals surface area contributed by atoms with Gasteiger partial charge in [0.15, 0.2) is 21.5 Å². The molecular weight excluding hydrogens is 314 g/mol. The smallest absolute Gasteiger partial charge is 0.335 e. The molecule has 1 aromatic carbocycles. The van der Waals surface area contributed by atoms with Gasteiger partial charge in [-0.05, 0) is 12.1 Å². The van der Waals surface area contributed by atoms with Gasteiger partial charge in [0.05, 0.1) is 5.56 Å². The Balaban J connectivity index is 3.28. The first-order valence-corrected chi connectivity index (χ1v) is 6.74. The lowest BCUT2D eigenvalue weighted by Gasteiger charge is -2.07. The number of amides is 3. The van der Waals surface area contributed by atoms with Crippen LogP contribution in [-0.4, -0.2) is 37.2 Å². The van der Waals surface area contributed by atoms with Crippen molar-refractivity contribution < 1.29 is 36.7 Å². The van der Waals surface area contributed by atoms with Crippen LogP contribution in [0.5, 0.6) is 0 Å². The molecule has 3 amide bonds. The van der Waals surface area contributed by atoms with Gasteiger partial charge < -0.3 is 10.8 Å². The Morgan fingerprint density at radius 3 is 2.29 bits per heavy atom. The third-order valence-electron chi connectivity index (χ3n) is 2.16. The van der Waals surface area contributed by atoms with E-state index in [1.54, 1.807) is 0 Å². The van der Waals surface area contributed by atoms with Crippen LogP contribution in [0.25, 0.3) is 0 Å². The van der Waals surface area contributed by atoms with Crippen molar-refractivity contribution in [3.8, 4) is 0 Å². The van der Waals surface area contributed by atoms with E-state index in [9.17, 15) is 31.6 Å². The van der Waals surface area contributed by atoms with Crippen molar-refractivity contribution in [3.63, 3.8) is 0 Å². The minimum Gasteiger partial charge on any atom is -0.478 e. The lowest BCUT2D eigenvalue weighted by atomic mass is 10.2. The van der Waals surface area contributed by atoms with Crippen molar-refractivity contribution in [2.45, 2.75) is 4.90 Å². The molecule has 0 aromatic heterocycles. The fourth-order valence-corrected chi connectivity index (χ4v) is 2.59. The molecule has 0 fully saturated rings. The average Bonchev–Trinajstić information content (AvgIpc) is 2.29. The number of hydrogen-bond acceptors (Lipinski definition) is 5. The number of nitrogens with two attached hydrogens (primary N) is 1. The predicted octanol–water partition coefficient (Wildman–Crippen LogP) is -0.368. The second-order valence-corrected chi connectivity index (χ2v) is 5.70. The van der Waals surface area contributed by atoms with E-state index in [0.29, 0.717) is 12.1 Å². The Kier molecular flexibility index (Phi) is 4.58. The van der Waals surface area contributed by atoms with Gasteiger partial charge in [0.25, 0.3) is 0 Å². The van der Waals surface area contributed by atoms with Crippen LogP contribution in [0.4, 0.5) is 13.6 Å². The van der Waals surface area contributed by atoms with Gasteiger partial charge in [-0.2, -0.15) is 0 Å². The molecule has 0 heterocycles. The van der Waals surface area contributed by atoms with Crippen LogP contribution in [-0.2, 0) is 14.6 Å². The molecule has 0 aliphatic heterocycles. The highest BCUT2D eigenvalue weighted by Crippen LogP contribution is 2.21. The zero-order chi connectivity index (χ0) is 16.4. The van der Waals surface area contributed by atoms with Crippen molar-refractivity contribution in [1.29, 1.82) is 0 Å². The van der Waals surface area contributed by atoms with E-state index in [2.05, 4.69) is 5.73 Å². The van der Waals surface area contributed by atoms with Gasteiger partial charge in [-0.3, -0.25) is 10.1 Å². The predicted molar refractivity (Wildman–Crippen MR) is 63.1 cm³/mol. The topological polar surface area (TPSA) is 144 Å². The molecule has 8 nitrogen and oxygen atoms in total. The van der Waals surface area contributed by atoms with Gasteiger partial charge >= 0.3 is 12.0 Å². The Labute approximate surface area is 116 Å². The molecule has 1 aromatic rings. The average molecular weight is 322 g/mol. The first-order valence-electron chi connectivity index (χ1n) is 5.09. The summed E-state index contributed by atoms with van der Waals surface area (Å²) < 4.78 is 50.2. The standard InChI is InChI=1S/C10H8F2N2O6S/c11-5-1-4(9(16)17)2-6(8(5)12)21(19,20)3-7(15)14-10(13)18/h1-2H,3H2,(H,16,17)(H3,13,14,15,18). The monoisotopic (exact) mass is 322 g/mol. The summed E-state index contributed by atoms with van der Waals surface area (Å²) in [5.41, 5.74) is 3.77. The van der Waals surface area contributed by atoms with Gasteiger partial charge in [0, 0.05) is 0 Å². The number of carboxylic acids is 1. The van der Waals surface area contributed by atoms with E-state index in [4.69, 9.17) is 5.11 Å². The minimum absolute atomic E-state index is 0.292. The number of sulfone groups is 1. The van der Waals surface area contributed by atoms with E-state index >= 15 is 0 Å². The van der Waals surface area contributed by atoms with Crippen molar-refractivity contribution in [2.24, 2.45) is 5.73 Å². The first-order chi connectivity index (χ1) is 9.54. The number of hydrogen-bond donors (Lipinski definition) is 3. The number of nitrogens with one attached hydrogen (secondary N) is 1. The number of rotatable bonds is 4. The Bertz CT molecular complexity index is 731. The third kappa shape index (κ3) is 3.95. The van der Waals surface area contributed by atoms with Crippen LogP contribution in [0.3, 0.4) is 0 Å². The highest BCUT2D eigenvalue weighted by molar-refractivity contribution is 7.92. The van der Waals surface area contributed by atoms with Crippen molar-refractivity contribution in [1.82, 2.24) is 5.32 Å². The van der Waals surface area contributed by atoms with Crippen molar-refractivity contribution >= 4 is 27.7 Å². The number of primary amides is 1. The lowest BCUT2D eigenvalue weighted by Crippen LogP contribution is -2.38. The highest BCUT2D eigenvalue weighted by Gasteiger charge is 2.27. The number of carboxylic acid groups (broad SMARTS) is 1. The number of benzene rings is 1. The molecule has 0 aliphatic carbocycles. The molecule has 0 radical (unpaired) electrons. The summed E-state index contributed by atoms with van der Waals surface area (Å²) in [6.45, 7) is 0.